The van der Waals surface area contributed by atoms with E-state index in [0.717, 1.165) is 12.0 Å². The SMILES string of the molecule is O=C(NN=C(C=NO)c1ccc(Oc2ccccc2)cc1)c1cccc(Cl)c1. The number of carbonyl (C=O) groups is 1. The van der Waals surface area contributed by atoms with Gasteiger partial charge in [0.05, 0.1) is 6.21 Å². The summed E-state index contributed by atoms with van der Waals surface area (Å²) in [5.74, 6) is 0.920. The van der Waals surface area contributed by atoms with Crippen LogP contribution in [0.5, 0.6) is 11.5 Å². The molecule has 28 heavy (non-hydrogen) atoms. The fourth-order valence-corrected chi connectivity index (χ4v) is 2.54. The maximum Gasteiger partial charge on any atom is 0.271 e. The molecule has 2 N–H and O–H groups in total. The van der Waals surface area contributed by atoms with Crippen molar-refractivity contribution in [2.24, 2.45) is 10.3 Å². The zero-order valence-electron chi connectivity index (χ0n) is 14.6. The molecule has 0 atom stereocenters. The van der Waals surface area contributed by atoms with Crippen LogP contribution < -0.4 is 10.2 Å². The fraction of sp³-hybridized carbons (Fsp3) is 0. The molecule has 0 radical (unpaired) electrons. The average molecular weight is 394 g/mol. The predicted octanol–water partition coefficient (Wildman–Crippen LogP) is 4.73. The summed E-state index contributed by atoms with van der Waals surface area (Å²) < 4.78 is 5.74. The monoisotopic (exact) mass is 393 g/mol. The lowest BCUT2D eigenvalue weighted by atomic mass is 10.1. The van der Waals surface area contributed by atoms with Gasteiger partial charge in [0.15, 0.2) is 0 Å². The summed E-state index contributed by atoms with van der Waals surface area (Å²) in [6.07, 6.45) is 1.13. The molecule has 3 rings (SSSR count). The summed E-state index contributed by atoms with van der Waals surface area (Å²) in [5, 5.41) is 16.4. The van der Waals surface area contributed by atoms with Crippen molar-refractivity contribution in [3.8, 4) is 11.5 Å². The quantitative estimate of drug-likeness (QED) is 0.361. The van der Waals surface area contributed by atoms with E-state index in [4.69, 9.17) is 21.5 Å². The number of hydrogen-bond acceptors (Lipinski definition) is 5. The van der Waals surface area contributed by atoms with Gasteiger partial charge in [0.2, 0.25) is 0 Å². The Morgan fingerprint density at radius 1 is 0.929 bits per heavy atom. The van der Waals surface area contributed by atoms with Gasteiger partial charge >= 0.3 is 0 Å². The van der Waals surface area contributed by atoms with E-state index in [0.29, 0.717) is 21.9 Å². The van der Waals surface area contributed by atoms with Gasteiger partial charge in [0.1, 0.15) is 17.2 Å². The molecular formula is C21H16ClN3O3. The summed E-state index contributed by atoms with van der Waals surface area (Å²) in [6, 6.07) is 22.9. The molecule has 1 amide bonds. The molecule has 0 heterocycles. The van der Waals surface area contributed by atoms with Gasteiger partial charge in [-0.2, -0.15) is 5.10 Å². The molecule has 0 unspecified atom stereocenters. The van der Waals surface area contributed by atoms with Crippen LogP contribution >= 0.6 is 11.6 Å². The number of rotatable bonds is 6. The molecule has 7 heteroatoms. The highest BCUT2D eigenvalue weighted by Crippen LogP contribution is 2.21. The molecule has 3 aromatic carbocycles. The van der Waals surface area contributed by atoms with Crippen LogP contribution in [0.1, 0.15) is 15.9 Å². The summed E-state index contributed by atoms with van der Waals surface area (Å²) in [4.78, 5) is 12.2. The molecule has 0 saturated carbocycles. The van der Waals surface area contributed by atoms with Crippen LogP contribution in [0.4, 0.5) is 0 Å². The van der Waals surface area contributed by atoms with Crippen LogP contribution in [-0.2, 0) is 0 Å². The highest BCUT2D eigenvalue weighted by Gasteiger charge is 2.07. The molecule has 3 aromatic rings. The number of oxime groups is 1. The lowest BCUT2D eigenvalue weighted by Crippen LogP contribution is -2.20. The smallest absolute Gasteiger partial charge is 0.271 e. The molecule has 0 spiro atoms. The second-order valence-electron chi connectivity index (χ2n) is 5.63. The minimum absolute atomic E-state index is 0.268. The number of nitrogens with zero attached hydrogens (tertiary/aromatic N) is 2. The Labute approximate surface area is 166 Å². The Morgan fingerprint density at radius 3 is 2.32 bits per heavy atom. The minimum atomic E-state index is -0.435. The van der Waals surface area contributed by atoms with E-state index in [1.165, 1.54) is 6.07 Å². The Balaban J connectivity index is 1.74. The van der Waals surface area contributed by atoms with Crippen LogP contribution in [0.3, 0.4) is 0 Å². The normalized spacial score (nSPS) is 11.4. The maximum absolute atomic E-state index is 12.2. The lowest BCUT2D eigenvalue weighted by molar-refractivity contribution is 0.0955. The van der Waals surface area contributed by atoms with E-state index in [9.17, 15) is 4.79 Å². The first kappa shape index (κ1) is 19.1. The number of halogens is 1. The Hall–Kier alpha value is -3.64. The van der Waals surface area contributed by atoms with Gasteiger partial charge in [-0.25, -0.2) is 5.43 Å². The number of carbonyl (C=O) groups excluding carboxylic acids is 1. The van der Waals surface area contributed by atoms with E-state index < -0.39 is 5.91 Å². The summed E-state index contributed by atoms with van der Waals surface area (Å²) in [7, 11) is 0. The van der Waals surface area contributed by atoms with Crippen LogP contribution in [0.2, 0.25) is 5.02 Å². The second-order valence-corrected chi connectivity index (χ2v) is 6.07. The lowest BCUT2D eigenvalue weighted by Gasteiger charge is -2.07. The van der Waals surface area contributed by atoms with E-state index in [-0.39, 0.29) is 5.71 Å². The fourth-order valence-electron chi connectivity index (χ4n) is 2.35. The first-order valence-corrected chi connectivity index (χ1v) is 8.68. The molecule has 0 aliphatic carbocycles. The molecule has 0 aliphatic rings. The number of ether oxygens (including phenoxy) is 1. The molecule has 0 bridgehead atoms. The van der Waals surface area contributed by atoms with Crippen LogP contribution in [0.25, 0.3) is 0 Å². The number of benzene rings is 3. The number of para-hydroxylation sites is 1. The number of amides is 1. The van der Waals surface area contributed by atoms with Crippen molar-refractivity contribution >= 4 is 29.4 Å². The minimum Gasteiger partial charge on any atom is -0.457 e. The number of hydrogen-bond donors (Lipinski definition) is 2. The third-order valence-corrected chi connectivity index (χ3v) is 3.91. The third kappa shape index (κ3) is 5.18. The van der Waals surface area contributed by atoms with Crippen LogP contribution in [0, 0.1) is 0 Å². The topological polar surface area (TPSA) is 83.3 Å². The zero-order chi connectivity index (χ0) is 19.8. The number of hydrazone groups is 1. The Bertz CT molecular complexity index is 1000. The molecule has 0 fully saturated rings. The summed E-state index contributed by atoms with van der Waals surface area (Å²) in [5.41, 5.74) is 3.68. The van der Waals surface area contributed by atoms with Crippen molar-refractivity contribution in [1.82, 2.24) is 5.43 Å². The maximum atomic E-state index is 12.2. The molecule has 0 aliphatic heterocycles. The molecule has 0 saturated heterocycles. The van der Waals surface area contributed by atoms with Gasteiger partial charge in [0, 0.05) is 16.1 Å². The standard InChI is InChI=1S/C21H16ClN3O3/c22-17-6-4-5-16(13-17)21(26)25-24-20(14-23-27)15-9-11-19(12-10-15)28-18-7-2-1-3-8-18/h1-14,27H,(H,25,26). The van der Waals surface area contributed by atoms with Gasteiger partial charge in [-0.1, -0.05) is 41.0 Å². The number of nitrogens with one attached hydrogen (secondary N) is 1. The van der Waals surface area contributed by atoms with Crippen molar-refractivity contribution in [2.75, 3.05) is 0 Å². The van der Waals surface area contributed by atoms with Crippen molar-refractivity contribution in [3.05, 3.63) is 95.0 Å². The molecule has 140 valence electrons. The van der Waals surface area contributed by atoms with E-state index in [1.807, 2.05) is 30.3 Å². The third-order valence-electron chi connectivity index (χ3n) is 3.67. The Kier molecular flexibility index (Phi) is 6.38. The van der Waals surface area contributed by atoms with Crippen molar-refractivity contribution < 1.29 is 14.7 Å². The molecular weight excluding hydrogens is 378 g/mol. The summed E-state index contributed by atoms with van der Waals surface area (Å²) in [6.45, 7) is 0. The van der Waals surface area contributed by atoms with Crippen molar-refractivity contribution in [3.63, 3.8) is 0 Å². The highest BCUT2D eigenvalue weighted by molar-refractivity contribution is 6.38. The molecule has 6 nitrogen and oxygen atoms in total. The van der Waals surface area contributed by atoms with E-state index in [1.54, 1.807) is 42.5 Å². The first-order chi connectivity index (χ1) is 13.7. The largest absolute Gasteiger partial charge is 0.457 e. The van der Waals surface area contributed by atoms with Gasteiger partial charge in [-0.05, 0) is 54.6 Å². The Morgan fingerprint density at radius 2 is 1.64 bits per heavy atom. The van der Waals surface area contributed by atoms with Gasteiger partial charge in [0.25, 0.3) is 5.91 Å². The van der Waals surface area contributed by atoms with Crippen LogP contribution in [-0.4, -0.2) is 23.0 Å². The van der Waals surface area contributed by atoms with Crippen molar-refractivity contribution in [1.29, 1.82) is 0 Å². The first-order valence-electron chi connectivity index (χ1n) is 8.30. The van der Waals surface area contributed by atoms with Gasteiger partial charge < -0.3 is 9.94 Å². The van der Waals surface area contributed by atoms with Crippen LogP contribution in [0.15, 0.2) is 89.1 Å². The molecule has 0 aromatic heterocycles. The van der Waals surface area contributed by atoms with Crippen molar-refractivity contribution in [2.45, 2.75) is 0 Å². The van der Waals surface area contributed by atoms with E-state index >= 15 is 0 Å². The van der Waals surface area contributed by atoms with Gasteiger partial charge in [-0.15, -0.1) is 0 Å². The average Bonchev–Trinajstić information content (AvgIpc) is 2.72. The summed E-state index contributed by atoms with van der Waals surface area (Å²) >= 11 is 5.89. The zero-order valence-corrected chi connectivity index (χ0v) is 15.4. The van der Waals surface area contributed by atoms with E-state index in [2.05, 4.69) is 15.7 Å². The van der Waals surface area contributed by atoms with Gasteiger partial charge in [-0.3, -0.25) is 4.79 Å². The second kappa shape index (κ2) is 9.34. The predicted molar refractivity (Wildman–Crippen MR) is 109 cm³/mol. The highest BCUT2D eigenvalue weighted by atomic mass is 35.5.